The van der Waals surface area contributed by atoms with Crippen molar-refractivity contribution in [1.82, 2.24) is 5.32 Å². The molecule has 0 bridgehead atoms. The maximum Gasteiger partial charge on any atom is 0.0438 e. The lowest BCUT2D eigenvalue weighted by Gasteiger charge is -2.33. The normalized spacial score (nSPS) is 22.2. The van der Waals surface area contributed by atoms with E-state index in [0.29, 0.717) is 11.8 Å². The smallest absolute Gasteiger partial charge is 0.0438 e. The average Bonchev–Trinajstić information content (AvgIpc) is 2.52. The van der Waals surface area contributed by atoms with Gasteiger partial charge in [0.05, 0.1) is 0 Å². The van der Waals surface area contributed by atoms with Crippen LogP contribution in [0.1, 0.15) is 29.0 Å². The minimum absolute atomic E-state index is 0.601. The zero-order valence-corrected chi connectivity index (χ0v) is 13.2. The number of benzene rings is 2. The first-order valence-electron chi connectivity index (χ1n) is 7.75. The van der Waals surface area contributed by atoms with Crippen molar-refractivity contribution in [2.75, 3.05) is 13.1 Å². The van der Waals surface area contributed by atoms with Crippen molar-refractivity contribution in [2.45, 2.75) is 25.7 Å². The summed E-state index contributed by atoms with van der Waals surface area (Å²) in [6, 6.07) is 17.4. The molecular weight excluding hydrogens is 278 g/mol. The van der Waals surface area contributed by atoms with E-state index in [9.17, 15) is 0 Å². The van der Waals surface area contributed by atoms with Crippen LogP contribution in [-0.4, -0.2) is 13.1 Å². The Labute approximate surface area is 132 Å². The number of hydrogen-bond donors (Lipinski definition) is 1. The highest BCUT2D eigenvalue weighted by molar-refractivity contribution is 6.31. The van der Waals surface area contributed by atoms with Crippen LogP contribution >= 0.6 is 11.6 Å². The maximum absolute atomic E-state index is 6.33. The average molecular weight is 300 g/mol. The molecule has 2 unspecified atom stereocenters. The third-order valence-electron chi connectivity index (χ3n) is 4.57. The van der Waals surface area contributed by atoms with E-state index < -0.39 is 0 Å². The van der Waals surface area contributed by atoms with Gasteiger partial charge in [0.15, 0.2) is 0 Å². The second-order valence-corrected chi connectivity index (χ2v) is 6.46. The first-order valence-corrected chi connectivity index (χ1v) is 8.12. The highest BCUT2D eigenvalue weighted by Gasteiger charge is 2.26. The molecule has 21 heavy (non-hydrogen) atoms. The molecule has 1 fully saturated rings. The molecule has 1 aliphatic heterocycles. The molecular formula is C19H22ClN. The van der Waals surface area contributed by atoms with Crippen molar-refractivity contribution in [3.05, 3.63) is 70.2 Å². The van der Waals surface area contributed by atoms with Gasteiger partial charge in [0.1, 0.15) is 0 Å². The van der Waals surface area contributed by atoms with Crippen molar-refractivity contribution >= 4 is 11.6 Å². The molecule has 1 N–H and O–H groups in total. The Hall–Kier alpha value is -1.31. The third-order valence-corrected chi connectivity index (χ3v) is 4.98. The minimum Gasteiger partial charge on any atom is -0.316 e. The lowest BCUT2D eigenvalue weighted by atomic mass is 9.78. The van der Waals surface area contributed by atoms with E-state index >= 15 is 0 Å². The first kappa shape index (κ1) is 14.6. The largest absolute Gasteiger partial charge is 0.316 e. The fraction of sp³-hybridized carbons (Fsp3) is 0.368. The third kappa shape index (κ3) is 3.48. The second kappa shape index (κ2) is 6.64. The van der Waals surface area contributed by atoms with Gasteiger partial charge in [-0.15, -0.1) is 0 Å². The Morgan fingerprint density at radius 2 is 1.95 bits per heavy atom. The number of halogens is 1. The molecule has 2 heteroatoms. The summed E-state index contributed by atoms with van der Waals surface area (Å²) in [6.07, 6.45) is 2.32. The Balaban J connectivity index is 1.82. The van der Waals surface area contributed by atoms with Crippen LogP contribution in [0.5, 0.6) is 0 Å². The zero-order chi connectivity index (χ0) is 14.7. The van der Waals surface area contributed by atoms with Gasteiger partial charge in [0.2, 0.25) is 0 Å². The second-order valence-electron chi connectivity index (χ2n) is 6.06. The number of piperidine rings is 1. The van der Waals surface area contributed by atoms with Crippen molar-refractivity contribution in [3.63, 3.8) is 0 Å². The van der Waals surface area contributed by atoms with E-state index in [1.165, 1.54) is 17.5 Å². The molecule has 0 aromatic heterocycles. The van der Waals surface area contributed by atoms with Crippen LogP contribution in [0.25, 0.3) is 0 Å². The summed E-state index contributed by atoms with van der Waals surface area (Å²) in [5, 5.41) is 4.44. The Bertz CT molecular complexity index is 594. The van der Waals surface area contributed by atoms with E-state index in [0.717, 1.165) is 30.1 Å². The maximum atomic E-state index is 6.33. The minimum atomic E-state index is 0.601. The molecule has 0 radical (unpaired) electrons. The Morgan fingerprint density at radius 3 is 2.71 bits per heavy atom. The highest BCUT2D eigenvalue weighted by Crippen LogP contribution is 2.34. The summed E-state index contributed by atoms with van der Waals surface area (Å²) in [5.74, 6) is 1.24. The van der Waals surface area contributed by atoms with Crippen LogP contribution in [0.15, 0.2) is 48.5 Å². The molecule has 1 nitrogen and oxygen atoms in total. The van der Waals surface area contributed by atoms with Crippen molar-refractivity contribution < 1.29 is 0 Å². The SMILES string of the molecule is Cc1ccc(C2CCNCC2Cc2ccccc2)cc1Cl. The molecule has 0 spiro atoms. The molecule has 110 valence electrons. The molecule has 0 amide bonds. The summed E-state index contributed by atoms with van der Waals surface area (Å²) < 4.78 is 0. The van der Waals surface area contributed by atoms with E-state index in [2.05, 4.69) is 60.8 Å². The van der Waals surface area contributed by atoms with Gasteiger partial charge in [-0.05, 0) is 67.4 Å². The van der Waals surface area contributed by atoms with Crippen LogP contribution < -0.4 is 5.32 Å². The fourth-order valence-corrected chi connectivity index (χ4v) is 3.52. The van der Waals surface area contributed by atoms with Gasteiger partial charge >= 0.3 is 0 Å². The van der Waals surface area contributed by atoms with Crippen LogP contribution in [-0.2, 0) is 6.42 Å². The topological polar surface area (TPSA) is 12.0 Å². The van der Waals surface area contributed by atoms with E-state index in [-0.39, 0.29) is 0 Å². The van der Waals surface area contributed by atoms with E-state index in [1.54, 1.807) is 0 Å². The molecule has 2 atom stereocenters. The monoisotopic (exact) mass is 299 g/mol. The Kier molecular flexibility index (Phi) is 4.62. The molecule has 2 aromatic carbocycles. The van der Waals surface area contributed by atoms with Crippen LogP contribution in [0.2, 0.25) is 5.02 Å². The van der Waals surface area contributed by atoms with Gasteiger partial charge in [-0.2, -0.15) is 0 Å². The lowest BCUT2D eigenvalue weighted by Crippen LogP contribution is -2.36. The molecule has 1 heterocycles. The fourth-order valence-electron chi connectivity index (χ4n) is 3.33. The predicted octanol–water partition coefficient (Wildman–Crippen LogP) is 4.58. The number of rotatable bonds is 3. The summed E-state index contributed by atoms with van der Waals surface area (Å²) in [4.78, 5) is 0. The number of nitrogens with one attached hydrogen (secondary N) is 1. The summed E-state index contributed by atoms with van der Waals surface area (Å²) in [7, 11) is 0. The molecule has 0 aliphatic carbocycles. The lowest BCUT2D eigenvalue weighted by molar-refractivity contribution is 0.324. The quantitative estimate of drug-likeness (QED) is 0.874. The molecule has 2 aromatic rings. The standard InChI is InChI=1S/C19H22ClN/c1-14-7-8-16(12-19(14)20)18-9-10-21-13-17(18)11-15-5-3-2-4-6-15/h2-8,12,17-18,21H,9-11,13H2,1H3. The number of aryl methyl sites for hydroxylation is 1. The van der Waals surface area contributed by atoms with E-state index in [1.807, 2.05) is 0 Å². The van der Waals surface area contributed by atoms with Gasteiger partial charge in [0, 0.05) is 5.02 Å². The predicted molar refractivity (Wildman–Crippen MR) is 90.1 cm³/mol. The van der Waals surface area contributed by atoms with Gasteiger partial charge in [-0.25, -0.2) is 0 Å². The summed E-state index contributed by atoms with van der Waals surface area (Å²) in [6.45, 7) is 4.25. The molecule has 1 saturated heterocycles. The summed E-state index contributed by atoms with van der Waals surface area (Å²) >= 11 is 6.33. The summed E-state index contributed by atoms with van der Waals surface area (Å²) in [5.41, 5.74) is 3.98. The molecule has 3 rings (SSSR count). The van der Waals surface area contributed by atoms with Gasteiger partial charge < -0.3 is 5.32 Å². The van der Waals surface area contributed by atoms with Crippen LogP contribution in [0.4, 0.5) is 0 Å². The highest BCUT2D eigenvalue weighted by atomic mass is 35.5. The molecule has 0 saturated carbocycles. The van der Waals surface area contributed by atoms with E-state index in [4.69, 9.17) is 11.6 Å². The van der Waals surface area contributed by atoms with Gasteiger partial charge in [0.25, 0.3) is 0 Å². The van der Waals surface area contributed by atoms with Crippen molar-refractivity contribution in [1.29, 1.82) is 0 Å². The number of hydrogen-bond acceptors (Lipinski definition) is 1. The van der Waals surface area contributed by atoms with Crippen molar-refractivity contribution in [3.8, 4) is 0 Å². The van der Waals surface area contributed by atoms with Crippen LogP contribution in [0, 0.1) is 12.8 Å². The van der Waals surface area contributed by atoms with Crippen LogP contribution in [0.3, 0.4) is 0 Å². The Morgan fingerprint density at radius 1 is 1.14 bits per heavy atom. The van der Waals surface area contributed by atoms with Gasteiger partial charge in [-0.3, -0.25) is 0 Å². The first-order chi connectivity index (χ1) is 10.2. The van der Waals surface area contributed by atoms with Crippen molar-refractivity contribution in [2.24, 2.45) is 5.92 Å². The van der Waals surface area contributed by atoms with Gasteiger partial charge in [-0.1, -0.05) is 54.1 Å². The molecule has 1 aliphatic rings. The zero-order valence-electron chi connectivity index (χ0n) is 12.5.